The third-order valence-corrected chi connectivity index (χ3v) is 2.53. The molecule has 0 spiro atoms. The minimum absolute atomic E-state index is 0.0337. The van der Waals surface area contributed by atoms with Crippen LogP contribution in [0.5, 0.6) is 6.01 Å². The molecule has 0 radical (unpaired) electrons. The predicted octanol–water partition coefficient (Wildman–Crippen LogP) is 1.35. The summed E-state index contributed by atoms with van der Waals surface area (Å²) in [5.41, 5.74) is -0.0337. The van der Waals surface area contributed by atoms with Crippen molar-refractivity contribution in [3.63, 3.8) is 0 Å². The van der Waals surface area contributed by atoms with Crippen molar-refractivity contribution in [2.24, 2.45) is 5.92 Å². The van der Waals surface area contributed by atoms with Gasteiger partial charge in [0.1, 0.15) is 0 Å². The molecule has 1 aromatic rings. The molecule has 1 aromatic heterocycles. The van der Waals surface area contributed by atoms with Crippen LogP contribution in [0.1, 0.15) is 29.8 Å². The van der Waals surface area contributed by atoms with Crippen LogP contribution >= 0.6 is 0 Å². The van der Waals surface area contributed by atoms with E-state index in [-0.39, 0.29) is 11.7 Å². The first-order chi connectivity index (χ1) is 7.25. The lowest BCUT2D eigenvalue weighted by Crippen LogP contribution is -2.20. The van der Waals surface area contributed by atoms with Crippen LogP contribution in [0.3, 0.4) is 0 Å². The van der Waals surface area contributed by atoms with Gasteiger partial charge in [0.25, 0.3) is 0 Å². The normalized spacial score (nSPS) is 15.7. The second-order valence-corrected chi connectivity index (χ2v) is 3.64. The number of aromatic nitrogens is 2. The van der Waals surface area contributed by atoms with Crippen LogP contribution < -0.4 is 4.74 Å². The molecule has 0 aromatic carbocycles. The summed E-state index contributed by atoms with van der Waals surface area (Å²) in [6.07, 6.45) is 5.01. The number of carboxylic acids is 1. The van der Waals surface area contributed by atoms with E-state index in [2.05, 4.69) is 9.97 Å². The van der Waals surface area contributed by atoms with E-state index >= 15 is 0 Å². The summed E-state index contributed by atoms with van der Waals surface area (Å²) in [6.45, 7) is 0.586. The minimum atomic E-state index is -1.06. The van der Waals surface area contributed by atoms with E-state index in [1.807, 2.05) is 0 Å². The number of hydrogen-bond acceptors (Lipinski definition) is 4. The highest BCUT2D eigenvalue weighted by molar-refractivity contribution is 5.85. The van der Waals surface area contributed by atoms with Crippen LogP contribution in [-0.2, 0) is 0 Å². The zero-order valence-electron chi connectivity index (χ0n) is 8.22. The van der Waals surface area contributed by atoms with Crippen molar-refractivity contribution in [3.05, 3.63) is 18.0 Å². The predicted molar refractivity (Wildman–Crippen MR) is 51.8 cm³/mol. The maximum absolute atomic E-state index is 10.6. The quantitative estimate of drug-likeness (QED) is 0.808. The van der Waals surface area contributed by atoms with Crippen molar-refractivity contribution < 1.29 is 14.6 Å². The lowest BCUT2D eigenvalue weighted by Gasteiger charge is -2.24. The Hall–Kier alpha value is -1.65. The van der Waals surface area contributed by atoms with E-state index in [9.17, 15) is 4.79 Å². The molecular weight excluding hydrogens is 196 g/mol. The van der Waals surface area contributed by atoms with Gasteiger partial charge < -0.3 is 9.84 Å². The van der Waals surface area contributed by atoms with E-state index < -0.39 is 5.97 Å². The molecule has 80 valence electrons. The van der Waals surface area contributed by atoms with Gasteiger partial charge >= 0.3 is 12.0 Å². The van der Waals surface area contributed by atoms with Gasteiger partial charge in [-0.3, -0.25) is 0 Å². The van der Waals surface area contributed by atoms with Crippen LogP contribution in [0.4, 0.5) is 0 Å². The van der Waals surface area contributed by atoms with Gasteiger partial charge in [-0.2, -0.15) is 4.98 Å². The monoisotopic (exact) mass is 208 g/mol. The zero-order valence-corrected chi connectivity index (χ0v) is 8.22. The van der Waals surface area contributed by atoms with Crippen molar-refractivity contribution in [2.45, 2.75) is 19.3 Å². The summed E-state index contributed by atoms with van der Waals surface area (Å²) in [6, 6.07) is 1.50. The Bertz CT molecular complexity index is 363. The highest BCUT2D eigenvalue weighted by Gasteiger charge is 2.18. The summed E-state index contributed by atoms with van der Waals surface area (Å²) in [5.74, 6) is -0.479. The van der Waals surface area contributed by atoms with E-state index in [0.717, 1.165) is 0 Å². The summed E-state index contributed by atoms with van der Waals surface area (Å²) in [7, 11) is 0. The minimum Gasteiger partial charge on any atom is -0.477 e. The van der Waals surface area contributed by atoms with Crippen molar-refractivity contribution in [1.82, 2.24) is 9.97 Å². The van der Waals surface area contributed by atoms with Gasteiger partial charge in [-0.25, -0.2) is 9.78 Å². The molecule has 2 rings (SSSR count). The second kappa shape index (κ2) is 4.25. The first-order valence-corrected chi connectivity index (χ1v) is 4.95. The number of hydrogen-bond donors (Lipinski definition) is 1. The van der Waals surface area contributed by atoms with Gasteiger partial charge in [0.05, 0.1) is 6.61 Å². The molecule has 0 atom stereocenters. The maximum atomic E-state index is 10.6. The Morgan fingerprint density at radius 1 is 1.60 bits per heavy atom. The van der Waals surface area contributed by atoms with Gasteiger partial charge in [-0.05, 0) is 24.8 Å². The van der Waals surface area contributed by atoms with E-state index in [1.165, 1.54) is 31.5 Å². The van der Waals surface area contributed by atoms with Crippen LogP contribution in [0.2, 0.25) is 0 Å². The molecule has 0 bridgehead atoms. The highest BCUT2D eigenvalue weighted by Crippen LogP contribution is 2.26. The summed E-state index contributed by atoms with van der Waals surface area (Å²) < 4.78 is 5.32. The van der Waals surface area contributed by atoms with Gasteiger partial charge in [0, 0.05) is 6.20 Å². The number of carboxylic acid groups (broad SMARTS) is 1. The Morgan fingerprint density at radius 2 is 2.40 bits per heavy atom. The molecule has 5 heteroatoms. The lowest BCUT2D eigenvalue weighted by atomic mass is 9.86. The van der Waals surface area contributed by atoms with Crippen molar-refractivity contribution in [3.8, 4) is 6.01 Å². The Labute approximate surface area is 87.1 Å². The first kappa shape index (κ1) is 9.89. The van der Waals surface area contributed by atoms with Crippen molar-refractivity contribution >= 4 is 5.97 Å². The van der Waals surface area contributed by atoms with Crippen LogP contribution in [-0.4, -0.2) is 27.7 Å². The van der Waals surface area contributed by atoms with Gasteiger partial charge in [0.2, 0.25) is 0 Å². The molecule has 1 aliphatic carbocycles. The second-order valence-electron chi connectivity index (χ2n) is 3.64. The van der Waals surface area contributed by atoms with E-state index in [4.69, 9.17) is 9.84 Å². The SMILES string of the molecule is O=C(O)c1ccnc(OCC2CCC2)n1. The molecule has 1 aliphatic rings. The van der Waals surface area contributed by atoms with E-state index in [1.54, 1.807) is 0 Å². The average molecular weight is 208 g/mol. The first-order valence-electron chi connectivity index (χ1n) is 4.95. The molecule has 5 nitrogen and oxygen atoms in total. The largest absolute Gasteiger partial charge is 0.477 e. The summed E-state index contributed by atoms with van der Waals surface area (Å²) in [4.78, 5) is 18.2. The molecule has 1 heterocycles. The number of ether oxygens (including phenoxy) is 1. The lowest BCUT2D eigenvalue weighted by molar-refractivity contribution is 0.0688. The highest BCUT2D eigenvalue weighted by atomic mass is 16.5. The topological polar surface area (TPSA) is 72.3 Å². The fraction of sp³-hybridized carbons (Fsp3) is 0.500. The van der Waals surface area contributed by atoms with Crippen molar-refractivity contribution in [1.29, 1.82) is 0 Å². The molecule has 1 saturated carbocycles. The Morgan fingerprint density at radius 3 is 3.00 bits per heavy atom. The smallest absolute Gasteiger partial charge is 0.354 e. The summed E-state index contributed by atoms with van der Waals surface area (Å²) in [5, 5.41) is 8.70. The number of aromatic carboxylic acids is 1. The van der Waals surface area contributed by atoms with Gasteiger partial charge in [-0.15, -0.1) is 0 Å². The van der Waals surface area contributed by atoms with Crippen LogP contribution in [0.25, 0.3) is 0 Å². The third kappa shape index (κ3) is 2.43. The molecule has 0 amide bonds. The number of rotatable bonds is 4. The molecule has 15 heavy (non-hydrogen) atoms. The molecule has 0 aliphatic heterocycles. The number of nitrogens with zero attached hydrogens (tertiary/aromatic N) is 2. The molecular formula is C10H12N2O3. The molecule has 0 unspecified atom stereocenters. The van der Waals surface area contributed by atoms with Gasteiger partial charge in [0.15, 0.2) is 5.69 Å². The zero-order chi connectivity index (χ0) is 10.7. The van der Waals surface area contributed by atoms with Gasteiger partial charge in [-0.1, -0.05) is 6.42 Å². The van der Waals surface area contributed by atoms with Crippen LogP contribution in [0.15, 0.2) is 12.3 Å². The Kier molecular flexibility index (Phi) is 2.80. The third-order valence-electron chi connectivity index (χ3n) is 2.53. The maximum Gasteiger partial charge on any atom is 0.354 e. The fourth-order valence-electron chi connectivity index (χ4n) is 1.38. The van der Waals surface area contributed by atoms with Crippen LogP contribution in [0, 0.1) is 5.92 Å². The van der Waals surface area contributed by atoms with E-state index in [0.29, 0.717) is 12.5 Å². The van der Waals surface area contributed by atoms with Crippen molar-refractivity contribution in [2.75, 3.05) is 6.61 Å². The summed E-state index contributed by atoms with van der Waals surface area (Å²) >= 11 is 0. The molecule has 1 fully saturated rings. The Balaban J connectivity index is 1.94. The standard InChI is InChI=1S/C10H12N2O3/c13-9(14)8-4-5-11-10(12-8)15-6-7-2-1-3-7/h4-5,7H,1-3,6H2,(H,13,14). The molecule has 1 N–H and O–H groups in total. The average Bonchev–Trinajstić information content (AvgIpc) is 2.16. The number of carbonyl (C=O) groups is 1. The molecule has 0 saturated heterocycles. The fourth-order valence-corrected chi connectivity index (χ4v) is 1.38.